The quantitative estimate of drug-likeness (QED) is 0.616. The molecule has 3 rings (SSSR count). The summed E-state index contributed by atoms with van der Waals surface area (Å²) in [6.45, 7) is 2.37. The fourth-order valence-corrected chi connectivity index (χ4v) is 3.53. The molecular formula is C20H22Cl2N4O. The van der Waals surface area contributed by atoms with Gasteiger partial charge in [-0.3, -0.25) is 4.68 Å². The Balaban J connectivity index is 2.00. The van der Waals surface area contributed by atoms with Crippen LogP contribution in [0.4, 0.5) is 11.5 Å². The van der Waals surface area contributed by atoms with Crippen LogP contribution in [-0.4, -0.2) is 16.9 Å². The summed E-state index contributed by atoms with van der Waals surface area (Å²) in [4.78, 5) is 0. The maximum Gasteiger partial charge on any atom is 0.132 e. The van der Waals surface area contributed by atoms with Crippen molar-refractivity contribution < 1.29 is 4.74 Å². The van der Waals surface area contributed by atoms with Crippen LogP contribution in [0.25, 0.3) is 0 Å². The van der Waals surface area contributed by atoms with E-state index in [1.165, 1.54) is 0 Å². The van der Waals surface area contributed by atoms with E-state index >= 15 is 0 Å². The molecule has 0 amide bonds. The molecule has 0 fully saturated rings. The van der Waals surface area contributed by atoms with Gasteiger partial charge in [-0.1, -0.05) is 41.4 Å². The molecule has 0 spiro atoms. The van der Waals surface area contributed by atoms with Crippen LogP contribution >= 0.6 is 23.2 Å². The van der Waals surface area contributed by atoms with Gasteiger partial charge >= 0.3 is 0 Å². The third-order valence-corrected chi connectivity index (χ3v) is 5.20. The number of nitrogens with two attached hydrogens (primary N) is 1. The van der Waals surface area contributed by atoms with Gasteiger partial charge in [0.25, 0.3) is 0 Å². The Bertz CT molecular complexity index is 969. The van der Waals surface area contributed by atoms with Crippen LogP contribution in [0.3, 0.4) is 0 Å². The largest absolute Gasteiger partial charge is 0.497 e. The van der Waals surface area contributed by atoms with E-state index < -0.39 is 0 Å². The maximum absolute atomic E-state index is 6.44. The lowest BCUT2D eigenvalue weighted by Gasteiger charge is -2.15. The minimum absolute atomic E-state index is 0.388. The van der Waals surface area contributed by atoms with Gasteiger partial charge in [-0.05, 0) is 36.2 Å². The highest BCUT2D eigenvalue weighted by Gasteiger charge is 2.17. The molecule has 0 aliphatic rings. The Hall–Kier alpha value is -2.21. The van der Waals surface area contributed by atoms with Crippen LogP contribution in [0, 0.1) is 6.92 Å². The molecule has 0 saturated carbocycles. The van der Waals surface area contributed by atoms with Crippen molar-refractivity contribution in [1.82, 2.24) is 9.78 Å². The molecule has 3 aromatic rings. The van der Waals surface area contributed by atoms with Gasteiger partial charge in [-0.2, -0.15) is 5.10 Å². The van der Waals surface area contributed by atoms with Crippen LogP contribution < -0.4 is 15.8 Å². The lowest BCUT2D eigenvalue weighted by molar-refractivity contribution is 0.414. The minimum atomic E-state index is 0.388. The average molecular weight is 405 g/mol. The van der Waals surface area contributed by atoms with E-state index in [4.69, 9.17) is 33.7 Å². The Morgan fingerprint density at radius 1 is 1.15 bits per heavy atom. The van der Waals surface area contributed by atoms with Crippen LogP contribution in [0.1, 0.15) is 22.4 Å². The van der Waals surface area contributed by atoms with Crippen molar-refractivity contribution in [2.24, 2.45) is 12.8 Å². The van der Waals surface area contributed by atoms with Crippen LogP contribution in [-0.2, 0) is 20.0 Å². The highest BCUT2D eigenvalue weighted by molar-refractivity contribution is 6.33. The molecule has 0 saturated heterocycles. The number of para-hydroxylation sites is 1. The summed E-state index contributed by atoms with van der Waals surface area (Å²) in [7, 11) is 3.52. The van der Waals surface area contributed by atoms with Gasteiger partial charge in [-0.15, -0.1) is 0 Å². The monoisotopic (exact) mass is 404 g/mol. The van der Waals surface area contributed by atoms with Gasteiger partial charge in [0.15, 0.2) is 0 Å². The Morgan fingerprint density at radius 3 is 2.59 bits per heavy atom. The van der Waals surface area contributed by atoms with E-state index in [9.17, 15) is 0 Å². The molecule has 3 N–H and O–H groups in total. The highest BCUT2D eigenvalue weighted by Crippen LogP contribution is 2.33. The lowest BCUT2D eigenvalue weighted by Crippen LogP contribution is -2.07. The molecule has 0 atom stereocenters. The highest BCUT2D eigenvalue weighted by atomic mass is 35.5. The van der Waals surface area contributed by atoms with E-state index in [-0.39, 0.29) is 0 Å². The second-order valence-electron chi connectivity index (χ2n) is 6.27. The average Bonchev–Trinajstić information content (AvgIpc) is 2.91. The van der Waals surface area contributed by atoms with Crippen molar-refractivity contribution in [1.29, 1.82) is 0 Å². The van der Waals surface area contributed by atoms with E-state index in [2.05, 4.69) is 10.4 Å². The smallest absolute Gasteiger partial charge is 0.132 e. The number of hydrogen-bond acceptors (Lipinski definition) is 4. The molecule has 1 heterocycles. The van der Waals surface area contributed by atoms with E-state index in [0.717, 1.165) is 39.6 Å². The number of nitrogens with one attached hydrogen (secondary N) is 1. The maximum atomic E-state index is 6.44. The molecule has 142 valence electrons. The predicted octanol–water partition coefficient (Wildman–Crippen LogP) is 4.84. The summed E-state index contributed by atoms with van der Waals surface area (Å²) in [5, 5.41) is 9.27. The first-order chi connectivity index (χ1) is 12.9. The van der Waals surface area contributed by atoms with Gasteiger partial charge in [0.05, 0.1) is 23.5 Å². The third-order valence-electron chi connectivity index (χ3n) is 4.54. The number of ether oxygens (including phenoxy) is 1. The fourth-order valence-electron chi connectivity index (χ4n) is 3.06. The Kier molecular flexibility index (Phi) is 5.95. The molecule has 0 bridgehead atoms. The molecule has 2 aromatic carbocycles. The number of hydrogen-bond donors (Lipinski definition) is 2. The third kappa shape index (κ3) is 4.05. The van der Waals surface area contributed by atoms with Crippen molar-refractivity contribution in [3.8, 4) is 5.75 Å². The standard InChI is InChI=1S/C20H22Cl2N4O/c1-12-16(9-13-7-8-15(27-3)10-18(13)22)20(26(2)25-12)24-19-14(11-23)5-4-6-17(19)21/h4-8,10,24H,9,11,23H2,1-3H3. The van der Waals surface area contributed by atoms with Gasteiger partial charge < -0.3 is 15.8 Å². The van der Waals surface area contributed by atoms with Crippen LogP contribution in [0.2, 0.25) is 10.0 Å². The topological polar surface area (TPSA) is 65.1 Å². The van der Waals surface area contributed by atoms with Crippen LogP contribution in [0.5, 0.6) is 5.75 Å². The fraction of sp³-hybridized carbons (Fsp3) is 0.250. The van der Waals surface area contributed by atoms with Crippen molar-refractivity contribution >= 4 is 34.7 Å². The summed E-state index contributed by atoms with van der Waals surface area (Å²) in [5.74, 6) is 1.59. The molecular weight excluding hydrogens is 383 g/mol. The van der Waals surface area contributed by atoms with Crippen molar-refractivity contribution in [3.05, 3.63) is 68.8 Å². The van der Waals surface area contributed by atoms with Crippen LogP contribution in [0.15, 0.2) is 36.4 Å². The Labute approximate surface area is 169 Å². The number of aryl methyl sites for hydroxylation is 2. The second-order valence-corrected chi connectivity index (χ2v) is 7.09. The zero-order valence-corrected chi connectivity index (χ0v) is 17.0. The number of rotatable bonds is 6. The number of halogens is 2. The first-order valence-electron chi connectivity index (χ1n) is 8.54. The molecule has 0 radical (unpaired) electrons. The van der Waals surface area contributed by atoms with E-state index in [0.29, 0.717) is 23.0 Å². The normalized spacial score (nSPS) is 10.9. The Morgan fingerprint density at radius 2 is 1.93 bits per heavy atom. The molecule has 0 aliphatic heterocycles. The van der Waals surface area contributed by atoms with E-state index in [1.807, 2.05) is 55.1 Å². The number of nitrogens with zero attached hydrogens (tertiary/aromatic N) is 2. The van der Waals surface area contributed by atoms with Crippen molar-refractivity contribution in [2.75, 3.05) is 12.4 Å². The first-order valence-corrected chi connectivity index (χ1v) is 9.29. The summed E-state index contributed by atoms with van der Waals surface area (Å²) < 4.78 is 7.04. The predicted molar refractivity (Wildman–Crippen MR) is 111 cm³/mol. The molecule has 0 aliphatic carbocycles. The first kappa shape index (κ1) is 19.5. The number of anilines is 2. The lowest BCUT2D eigenvalue weighted by atomic mass is 10.0. The summed E-state index contributed by atoms with van der Waals surface area (Å²) in [6.07, 6.45) is 0.632. The molecule has 0 unspecified atom stereocenters. The molecule has 27 heavy (non-hydrogen) atoms. The summed E-state index contributed by atoms with van der Waals surface area (Å²) in [6, 6.07) is 11.4. The summed E-state index contributed by atoms with van der Waals surface area (Å²) >= 11 is 12.8. The molecule has 7 heteroatoms. The molecule has 1 aromatic heterocycles. The number of benzene rings is 2. The SMILES string of the molecule is COc1ccc(Cc2c(C)nn(C)c2Nc2c(Cl)cccc2CN)c(Cl)c1. The van der Waals surface area contributed by atoms with Gasteiger partial charge in [0.1, 0.15) is 11.6 Å². The number of aromatic nitrogens is 2. The molecule has 5 nitrogen and oxygen atoms in total. The van der Waals surface area contributed by atoms with Gasteiger partial charge in [0.2, 0.25) is 0 Å². The van der Waals surface area contributed by atoms with E-state index in [1.54, 1.807) is 7.11 Å². The zero-order valence-electron chi connectivity index (χ0n) is 15.5. The van der Waals surface area contributed by atoms with Gasteiger partial charge in [0, 0.05) is 30.6 Å². The zero-order chi connectivity index (χ0) is 19.6. The van der Waals surface area contributed by atoms with Crippen molar-refractivity contribution in [3.63, 3.8) is 0 Å². The summed E-state index contributed by atoms with van der Waals surface area (Å²) in [5.41, 5.74) is 10.6. The van der Waals surface area contributed by atoms with Crippen molar-refractivity contribution in [2.45, 2.75) is 19.9 Å². The van der Waals surface area contributed by atoms with Gasteiger partial charge in [-0.25, -0.2) is 0 Å². The second kappa shape index (κ2) is 8.21. The minimum Gasteiger partial charge on any atom is -0.497 e. The number of methoxy groups -OCH3 is 1.